The van der Waals surface area contributed by atoms with Gasteiger partial charge >= 0.3 is 12.5 Å². The van der Waals surface area contributed by atoms with Crippen LogP contribution in [0.3, 0.4) is 0 Å². The summed E-state index contributed by atoms with van der Waals surface area (Å²) < 4.78 is 39.6. The summed E-state index contributed by atoms with van der Waals surface area (Å²) >= 11 is 8.36. The molecule has 10 heteroatoms. The first kappa shape index (κ1) is 13.8. The van der Waals surface area contributed by atoms with Crippen molar-refractivity contribution in [3.05, 3.63) is 15.7 Å². The Morgan fingerprint density at radius 3 is 2.65 bits per heavy atom. The van der Waals surface area contributed by atoms with Gasteiger partial charge < -0.3 is 9.84 Å². The molecule has 0 unspecified atom stereocenters. The lowest BCUT2D eigenvalue weighted by Crippen LogP contribution is -2.20. The topological polar surface area (TPSA) is 71.5 Å². The van der Waals surface area contributed by atoms with E-state index in [-0.39, 0.29) is 9.63 Å². The number of halogens is 5. The van der Waals surface area contributed by atoms with Gasteiger partial charge in [-0.1, -0.05) is 11.6 Å². The van der Waals surface area contributed by atoms with Crippen LogP contribution in [0.15, 0.2) is 10.5 Å². The fraction of sp³-hybridized carbons (Fsp3) is 0.143. The van der Waals surface area contributed by atoms with E-state index in [0.717, 1.165) is 6.07 Å². The Balaban J connectivity index is 3.16. The highest BCUT2D eigenvalue weighted by Crippen LogP contribution is 2.34. The highest BCUT2D eigenvalue weighted by molar-refractivity contribution is 9.10. The van der Waals surface area contributed by atoms with Crippen LogP contribution in [-0.4, -0.2) is 22.5 Å². The van der Waals surface area contributed by atoms with Gasteiger partial charge in [0.25, 0.3) is 0 Å². The number of pyridine rings is 1. The van der Waals surface area contributed by atoms with Crippen LogP contribution in [0.2, 0.25) is 5.15 Å². The van der Waals surface area contributed by atoms with Crippen molar-refractivity contribution in [3.63, 3.8) is 0 Å². The Kier molecular flexibility index (Phi) is 4.04. The Morgan fingerprint density at radius 2 is 2.18 bits per heavy atom. The van der Waals surface area contributed by atoms with Crippen LogP contribution in [-0.2, 0) is 0 Å². The van der Waals surface area contributed by atoms with Crippen LogP contribution >= 0.6 is 27.5 Å². The molecule has 0 aliphatic heterocycles. The van der Waals surface area contributed by atoms with Gasteiger partial charge in [-0.05, 0) is 22.0 Å². The Labute approximate surface area is 106 Å². The Morgan fingerprint density at radius 1 is 1.59 bits per heavy atom. The molecule has 0 radical (unpaired) electrons. The van der Waals surface area contributed by atoms with Crippen LogP contribution < -0.4 is 10.1 Å². The van der Waals surface area contributed by atoms with Crippen molar-refractivity contribution in [1.82, 2.24) is 4.98 Å². The van der Waals surface area contributed by atoms with Crippen molar-refractivity contribution in [2.45, 2.75) is 6.36 Å². The van der Waals surface area contributed by atoms with E-state index in [1.807, 2.05) is 0 Å². The molecule has 5 nitrogen and oxygen atoms in total. The van der Waals surface area contributed by atoms with E-state index in [9.17, 15) is 18.0 Å². The predicted molar refractivity (Wildman–Crippen MR) is 55.3 cm³/mol. The summed E-state index contributed by atoms with van der Waals surface area (Å²) in [6.45, 7) is 0. The summed E-state index contributed by atoms with van der Waals surface area (Å²) in [5.41, 5.74) is -0.480. The zero-order valence-corrected chi connectivity index (χ0v) is 10.0. The summed E-state index contributed by atoms with van der Waals surface area (Å²) in [6, 6.07) is 1.00. The second-order valence-electron chi connectivity index (χ2n) is 2.59. The monoisotopic (exact) mass is 334 g/mol. The summed E-state index contributed by atoms with van der Waals surface area (Å²) in [6.07, 6.45) is -6.56. The number of rotatable bonds is 2. The summed E-state index contributed by atoms with van der Waals surface area (Å²) in [5, 5.41) is 9.84. The van der Waals surface area contributed by atoms with E-state index in [1.54, 1.807) is 5.32 Å². The lowest BCUT2D eigenvalue weighted by atomic mass is 10.4. The third-order valence-corrected chi connectivity index (χ3v) is 2.47. The van der Waals surface area contributed by atoms with Gasteiger partial charge in [-0.2, -0.15) is 4.98 Å². The number of carbonyl (C=O) groups is 1. The molecule has 2 N–H and O–H groups in total. The minimum absolute atomic E-state index is 0.123. The third kappa shape index (κ3) is 4.27. The highest BCUT2D eigenvalue weighted by Gasteiger charge is 2.33. The molecule has 0 spiro atoms. The maximum Gasteiger partial charge on any atom is 0.574 e. The van der Waals surface area contributed by atoms with Crippen molar-refractivity contribution in [3.8, 4) is 5.88 Å². The minimum Gasteiger partial charge on any atom is -0.465 e. The number of ether oxygens (including phenoxy) is 1. The van der Waals surface area contributed by atoms with Crippen molar-refractivity contribution < 1.29 is 27.8 Å². The largest absolute Gasteiger partial charge is 0.574 e. The lowest BCUT2D eigenvalue weighted by molar-refractivity contribution is -0.275. The molecule has 0 fully saturated rings. The number of carboxylic acid groups (broad SMARTS) is 1. The first-order valence-corrected chi connectivity index (χ1v) is 4.98. The van der Waals surface area contributed by atoms with Crippen LogP contribution in [0.25, 0.3) is 0 Å². The zero-order valence-electron chi connectivity index (χ0n) is 7.68. The van der Waals surface area contributed by atoms with E-state index in [0.29, 0.717) is 0 Å². The van der Waals surface area contributed by atoms with E-state index < -0.39 is 24.0 Å². The van der Waals surface area contributed by atoms with Crippen LogP contribution in [0, 0.1) is 0 Å². The maximum atomic E-state index is 12.0. The number of alkyl halides is 3. The molecule has 1 aromatic heterocycles. The van der Waals surface area contributed by atoms with Gasteiger partial charge in [0.15, 0.2) is 0 Å². The van der Waals surface area contributed by atoms with E-state index >= 15 is 0 Å². The molecule has 0 aliphatic rings. The van der Waals surface area contributed by atoms with Crippen LogP contribution in [0.5, 0.6) is 5.88 Å². The number of amides is 1. The molecular weight excluding hydrogens is 332 g/mol. The molecule has 1 heterocycles. The fourth-order valence-corrected chi connectivity index (χ4v) is 1.29. The minimum atomic E-state index is -5.00. The summed E-state index contributed by atoms with van der Waals surface area (Å²) in [4.78, 5) is 13.6. The van der Waals surface area contributed by atoms with Crippen molar-refractivity contribution >= 4 is 39.3 Å². The van der Waals surface area contributed by atoms with E-state index in [2.05, 4.69) is 25.7 Å². The SMILES string of the molecule is O=C(O)Nc1cc(Br)c(Cl)nc1OC(F)(F)F. The number of aromatic nitrogens is 1. The molecule has 0 saturated heterocycles. The summed E-state index contributed by atoms with van der Waals surface area (Å²) in [7, 11) is 0. The first-order chi connectivity index (χ1) is 7.69. The maximum absolute atomic E-state index is 12.0. The zero-order chi connectivity index (χ0) is 13.2. The van der Waals surface area contributed by atoms with Gasteiger partial charge in [-0.3, -0.25) is 5.32 Å². The molecule has 1 rings (SSSR count). The van der Waals surface area contributed by atoms with Gasteiger partial charge in [0, 0.05) is 0 Å². The molecule has 0 saturated carbocycles. The number of nitrogens with one attached hydrogen (secondary N) is 1. The number of nitrogens with zero attached hydrogens (tertiary/aromatic N) is 1. The molecule has 94 valence electrons. The molecule has 17 heavy (non-hydrogen) atoms. The standard InChI is InChI=1S/C7H3BrClF3N2O3/c8-2-1-3(13-6(15)16)5(14-4(2)9)17-7(10,11)12/h1,13H,(H,15,16). The fourth-order valence-electron chi connectivity index (χ4n) is 0.843. The van der Waals surface area contributed by atoms with E-state index in [4.69, 9.17) is 16.7 Å². The normalized spacial score (nSPS) is 11.1. The van der Waals surface area contributed by atoms with E-state index in [1.165, 1.54) is 0 Å². The average molecular weight is 335 g/mol. The second-order valence-corrected chi connectivity index (χ2v) is 3.80. The van der Waals surface area contributed by atoms with Crippen LogP contribution in [0.1, 0.15) is 0 Å². The van der Waals surface area contributed by atoms with Gasteiger partial charge in [0.05, 0.1) is 4.47 Å². The number of anilines is 1. The van der Waals surface area contributed by atoms with Crippen molar-refractivity contribution in [2.24, 2.45) is 0 Å². The molecule has 1 aromatic rings. The lowest BCUT2D eigenvalue weighted by Gasteiger charge is -2.12. The molecule has 0 atom stereocenters. The molecule has 1 amide bonds. The molecule has 0 aromatic carbocycles. The third-order valence-electron chi connectivity index (χ3n) is 1.35. The second kappa shape index (κ2) is 4.96. The first-order valence-electron chi connectivity index (χ1n) is 3.81. The average Bonchev–Trinajstić information content (AvgIpc) is 2.10. The van der Waals surface area contributed by atoms with Gasteiger partial charge in [-0.15, -0.1) is 13.2 Å². The quantitative estimate of drug-likeness (QED) is 0.812. The number of hydrogen-bond acceptors (Lipinski definition) is 3. The smallest absolute Gasteiger partial charge is 0.465 e. The van der Waals surface area contributed by atoms with Crippen molar-refractivity contribution in [1.29, 1.82) is 0 Å². The van der Waals surface area contributed by atoms with Crippen LogP contribution in [0.4, 0.5) is 23.7 Å². The van der Waals surface area contributed by atoms with Gasteiger partial charge in [0.2, 0.25) is 5.88 Å². The Bertz CT molecular complexity index is 455. The number of hydrogen-bond donors (Lipinski definition) is 2. The highest BCUT2D eigenvalue weighted by atomic mass is 79.9. The molecular formula is C7H3BrClF3N2O3. The predicted octanol–water partition coefficient (Wildman–Crippen LogP) is 3.49. The Hall–Kier alpha value is -1.22. The van der Waals surface area contributed by atoms with Crippen molar-refractivity contribution in [2.75, 3.05) is 5.32 Å². The van der Waals surface area contributed by atoms with Gasteiger partial charge in [-0.25, -0.2) is 4.79 Å². The molecule has 0 bridgehead atoms. The molecule has 0 aliphatic carbocycles. The van der Waals surface area contributed by atoms with Gasteiger partial charge in [0.1, 0.15) is 10.8 Å². The summed E-state index contributed by atoms with van der Waals surface area (Å²) in [5.74, 6) is -0.979.